The van der Waals surface area contributed by atoms with E-state index in [-0.39, 0.29) is 18.0 Å². The lowest BCUT2D eigenvalue weighted by atomic mass is 9.83. The Morgan fingerprint density at radius 3 is 2.44 bits per heavy atom. The Kier molecular flexibility index (Phi) is 10.4. The minimum Gasteiger partial charge on any atom is -0.493 e. The molecule has 6 nitrogen and oxygen atoms in total. The lowest BCUT2D eigenvalue weighted by Gasteiger charge is -2.44. The number of unbranched alkanes of at least 4 members (excludes halogenated alkanes) is 2. The monoisotopic (exact) mass is 545 g/mol. The van der Waals surface area contributed by atoms with Crippen molar-refractivity contribution in [1.82, 2.24) is 4.90 Å². The first kappa shape index (κ1) is 30.4. The van der Waals surface area contributed by atoms with E-state index in [1.54, 1.807) is 19.1 Å². The van der Waals surface area contributed by atoms with Gasteiger partial charge in [-0.1, -0.05) is 38.3 Å². The van der Waals surface area contributed by atoms with E-state index in [2.05, 4.69) is 6.92 Å². The molecule has 0 saturated carbocycles. The number of amides is 1. The first-order valence-corrected chi connectivity index (χ1v) is 13.5. The van der Waals surface area contributed by atoms with E-state index in [0.717, 1.165) is 48.9 Å². The zero-order chi connectivity index (χ0) is 28.7. The van der Waals surface area contributed by atoms with Crippen LogP contribution in [0.1, 0.15) is 82.5 Å². The molecule has 1 aliphatic rings. The van der Waals surface area contributed by atoms with Gasteiger partial charge in [0.1, 0.15) is 17.2 Å². The number of halogens is 2. The summed E-state index contributed by atoms with van der Waals surface area (Å²) >= 11 is 0. The molecule has 8 heteroatoms. The zero-order valence-electron chi connectivity index (χ0n) is 23.8. The van der Waals surface area contributed by atoms with Crippen LogP contribution in [-0.4, -0.2) is 48.1 Å². The maximum absolute atomic E-state index is 14.2. The van der Waals surface area contributed by atoms with E-state index in [0.29, 0.717) is 17.9 Å². The molecule has 39 heavy (non-hydrogen) atoms. The third kappa shape index (κ3) is 7.94. The Morgan fingerprint density at radius 1 is 1.13 bits per heavy atom. The fraction of sp³-hybridized carbons (Fsp3) is 0.516. The average molecular weight is 546 g/mol. The molecular formula is C31H41F2NO5. The standard InChI is InChI=1S/C31H41F2NO5/c1-7-8-9-10-23-15-21-16-28(37-5)29(38-6)19-25(21)27(34(23)30(36)39-31(2,3)4)18-24(35)14-12-20-11-13-22(32)17-26(20)33/h11-14,16-17,19,23-24,27,35H,7-10,15,18H2,1-6H3/t23-,24+,27-/m0/s1. The van der Waals surface area contributed by atoms with Crippen LogP contribution in [0.5, 0.6) is 11.5 Å². The van der Waals surface area contributed by atoms with E-state index >= 15 is 0 Å². The molecule has 0 saturated heterocycles. The summed E-state index contributed by atoms with van der Waals surface area (Å²) in [7, 11) is 3.13. The minimum absolute atomic E-state index is 0.144. The van der Waals surface area contributed by atoms with Gasteiger partial charge in [-0.15, -0.1) is 0 Å². The summed E-state index contributed by atoms with van der Waals surface area (Å²) in [5.74, 6) is -0.270. The SMILES string of the molecule is CCCCC[C@H]1Cc2cc(OC)c(OC)cc2[C@H](C[C@H](O)C=Cc2ccc(F)cc2F)N1C(=O)OC(C)(C)C. The van der Waals surface area contributed by atoms with Gasteiger partial charge in [0.2, 0.25) is 0 Å². The van der Waals surface area contributed by atoms with Gasteiger partial charge in [-0.05, 0) is 69.0 Å². The van der Waals surface area contributed by atoms with Gasteiger partial charge in [0, 0.05) is 24.1 Å². The van der Waals surface area contributed by atoms with E-state index in [4.69, 9.17) is 14.2 Å². The highest BCUT2D eigenvalue weighted by Crippen LogP contribution is 2.43. The number of rotatable bonds is 10. The largest absolute Gasteiger partial charge is 0.493 e. The first-order valence-electron chi connectivity index (χ1n) is 13.5. The number of hydrogen-bond acceptors (Lipinski definition) is 5. The number of hydrogen-bond donors (Lipinski definition) is 1. The van der Waals surface area contributed by atoms with E-state index < -0.39 is 35.5 Å². The Balaban J connectivity index is 2.04. The Hall–Kier alpha value is -3.13. The number of aliphatic hydroxyl groups excluding tert-OH is 1. The summed E-state index contributed by atoms with van der Waals surface area (Å²) in [6.07, 6.45) is 5.98. The zero-order valence-corrected chi connectivity index (χ0v) is 23.8. The van der Waals surface area contributed by atoms with Crippen molar-refractivity contribution in [3.8, 4) is 11.5 Å². The van der Waals surface area contributed by atoms with Crippen LogP contribution in [0.4, 0.5) is 13.6 Å². The highest BCUT2D eigenvalue weighted by molar-refractivity contribution is 5.70. The predicted octanol–water partition coefficient (Wildman–Crippen LogP) is 7.23. The Labute approximate surface area is 230 Å². The van der Waals surface area contributed by atoms with Crippen molar-refractivity contribution < 1.29 is 32.9 Å². The molecule has 2 aromatic rings. The molecule has 0 spiro atoms. The fourth-order valence-corrected chi connectivity index (χ4v) is 5.04. The van der Waals surface area contributed by atoms with Gasteiger partial charge >= 0.3 is 6.09 Å². The summed E-state index contributed by atoms with van der Waals surface area (Å²) in [4.78, 5) is 15.4. The van der Waals surface area contributed by atoms with Crippen molar-refractivity contribution in [3.05, 3.63) is 64.7 Å². The number of methoxy groups -OCH3 is 2. The van der Waals surface area contributed by atoms with Crippen LogP contribution in [0.25, 0.3) is 6.08 Å². The first-order chi connectivity index (χ1) is 18.5. The second-order valence-electron chi connectivity index (χ2n) is 11.0. The number of benzene rings is 2. The number of fused-ring (bicyclic) bond motifs is 1. The molecule has 214 valence electrons. The summed E-state index contributed by atoms with van der Waals surface area (Å²) < 4.78 is 44.4. The molecule has 0 aromatic heterocycles. The molecule has 0 radical (unpaired) electrons. The maximum atomic E-state index is 14.2. The van der Waals surface area contributed by atoms with Crippen LogP contribution in [0.2, 0.25) is 0 Å². The number of carbonyl (C=O) groups excluding carboxylic acids is 1. The summed E-state index contributed by atoms with van der Waals surface area (Å²) in [6.45, 7) is 7.61. The van der Waals surface area contributed by atoms with Gasteiger partial charge in [0.05, 0.1) is 26.4 Å². The highest BCUT2D eigenvalue weighted by atomic mass is 19.1. The molecule has 1 N–H and O–H groups in total. The van der Waals surface area contributed by atoms with Crippen molar-refractivity contribution in [3.63, 3.8) is 0 Å². The number of nitrogens with zero attached hydrogens (tertiary/aromatic N) is 1. The average Bonchev–Trinajstić information content (AvgIpc) is 2.86. The van der Waals surface area contributed by atoms with E-state index in [1.807, 2.05) is 32.9 Å². The minimum atomic E-state index is -1.03. The third-order valence-electron chi connectivity index (χ3n) is 6.86. The topological polar surface area (TPSA) is 68.2 Å². The van der Waals surface area contributed by atoms with Gasteiger partial charge in [-0.2, -0.15) is 0 Å². The lowest BCUT2D eigenvalue weighted by molar-refractivity contribution is -0.00559. The van der Waals surface area contributed by atoms with Crippen LogP contribution in [0.3, 0.4) is 0 Å². The molecule has 1 amide bonds. The maximum Gasteiger partial charge on any atom is 0.411 e. The smallest absolute Gasteiger partial charge is 0.411 e. The van der Waals surface area contributed by atoms with Crippen LogP contribution in [0, 0.1) is 11.6 Å². The third-order valence-corrected chi connectivity index (χ3v) is 6.86. The van der Waals surface area contributed by atoms with Crippen molar-refractivity contribution in [2.75, 3.05) is 14.2 Å². The number of carbonyl (C=O) groups is 1. The van der Waals surface area contributed by atoms with Gasteiger partial charge in [0.25, 0.3) is 0 Å². The van der Waals surface area contributed by atoms with Crippen molar-refractivity contribution in [2.45, 2.75) is 90.0 Å². The van der Waals surface area contributed by atoms with E-state index in [9.17, 15) is 18.7 Å². The summed E-state index contributed by atoms with van der Waals surface area (Å²) in [6, 6.07) is 6.40. The quantitative estimate of drug-likeness (QED) is 0.319. The molecule has 2 aromatic carbocycles. The Bertz CT molecular complexity index is 1160. The van der Waals surface area contributed by atoms with Crippen molar-refractivity contribution in [1.29, 1.82) is 0 Å². The van der Waals surface area contributed by atoms with Crippen molar-refractivity contribution in [2.24, 2.45) is 0 Å². The molecule has 0 bridgehead atoms. The molecule has 3 atom stereocenters. The highest BCUT2D eigenvalue weighted by Gasteiger charge is 2.40. The normalized spacial score (nSPS) is 18.1. The van der Waals surface area contributed by atoms with Gasteiger partial charge in [0.15, 0.2) is 11.5 Å². The molecule has 0 fully saturated rings. The Morgan fingerprint density at radius 2 is 1.82 bits per heavy atom. The fourth-order valence-electron chi connectivity index (χ4n) is 5.04. The van der Waals surface area contributed by atoms with Gasteiger partial charge in [-0.3, -0.25) is 4.90 Å². The summed E-state index contributed by atoms with van der Waals surface area (Å²) in [5.41, 5.74) is 1.31. The van der Waals surface area contributed by atoms with Gasteiger partial charge in [-0.25, -0.2) is 13.6 Å². The number of ether oxygens (including phenoxy) is 3. The van der Waals surface area contributed by atoms with E-state index in [1.165, 1.54) is 18.2 Å². The summed E-state index contributed by atoms with van der Waals surface area (Å²) in [5, 5.41) is 11.1. The van der Waals surface area contributed by atoms with Crippen LogP contribution in [0.15, 0.2) is 36.4 Å². The van der Waals surface area contributed by atoms with Crippen LogP contribution >= 0.6 is 0 Å². The predicted molar refractivity (Wildman–Crippen MR) is 148 cm³/mol. The molecule has 0 aliphatic carbocycles. The number of aliphatic hydroxyl groups is 1. The molecular weight excluding hydrogens is 504 g/mol. The second-order valence-corrected chi connectivity index (χ2v) is 11.0. The van der Waals surface area contributed by atoms with Gasteiger partial charge < -0.3 is 19.3 Å². The lowest BCUT2D eigenvalue weighted by Crippen LogP contribution is -2.50. The molecule has 0 unspecified atom stereocenters. The van der Waals surface area contributed by atoms with Crippen LogP contribution in [-0.2, 0) is 11.2 Å². The molecule has 1 aliphatic heterocycles. The van der Waals surface area contributed by atoms with Crippen LogP contribution < -0.4 is 9.47 Å². The van der Waals surface area contributed by atoms with Crippen molar-refractivity contribution >= 4 is 12.2 Å². The molecule has 1 heterocycles. The second kappa shape index (κ2) is 13.3. The molecule has 3 rings (SSSR count).